The molecule has 32 heavy (non-hydrogen) atoms. The van der Waals surface area contributed by atoms with Gasteiger partial charge < -0.3 is 14.6 Å². The highest BCUT2D eigenvalue weighted by Gasteiger charge is 2.33. The summed E-state index contributed by atoms with van der Waals surface area (Å²) in [5, 5.41) is 2.89. The molecule has 0 saturated carbocycles. The number of nitrogens with zero attached hydrogens (tertiary/aromatic N) is 3. The van der Waals surface area contributed by atoms with E-state index in [1.807, 2.05) is 4.90 Å². The number of sulfonamides is 1. The molecule has 1 aromatic carbocycles. The third-order valence-electron chi connectivity index (χ3n) is 6.23. The Labute approximate surface area is 186 Å². The fourth-order valence-corrected chi connectivity index (χ4v) is 5.90. The lowest BCUT2D eigenvalue weighted by Gasteiger charge is -2.31. The number of rotatable bonds is 7. The molecular weight excluding hydrogens is 436 g/mol. The molecule has 2 aromatic rings. The first-order valence-electron chi connectivity index (χ1n) is 10.9. The molecule has 1 unspecified atom stereocenters. The largest absolute Gasteiger partial charge is 0.419 e. The molecule has 2 fully saturated rings. The lowest BCUT2D eigenvalue weighted by atomic mass is 9.99. The zero-order valence-electron chi connectivity index (χ0n) is 18.1. The second kappa shape index (κ2) is 9.07. The number of carbonyl (C=O) groups excluding carboxylic acids is 2. The normalized spacial score (nSPS) is 20.2. The molecule has 174 valence electrons. The maximum Gasteiger partial charge on any atom is 0.419 e. The number of piperidine rings is 1. The number of fused-ring (bicyclic) bond motifs is 1. The van der Waals surface area contributed by atoms with E-state index in [4.69, 9.17) is 4.42 Å². The summed E-state index contributed by atoms with van der Waals surface area (Å²) in [5.74, 6) is -0.983. The van der Waals surface area contributed by atoms with E-state index in [9.17, 15) is 22.8 Å². The first-order valence-corrected chi connectivity index (χ1v) is 12.4. The van der Waals surface area contributed by atoms with Crippen LogP contribution < -0.4 is 11.1 Å². The zero-order chi connectivity index (χ0) is 22.9. The first kappa shape index (κ1) is 22.5. The van der Waals surface area contributed by atoms with Crippen LogP contribution in [0.2, 0.25) is 0 Å². The molecule has 2 aliphatic rings. The number of oxazole rings is 1. The maximum atomic E-state index is 13.2. The topological polar surface area (TPSA) is 122 Å². The van der Waals surface area contributed by atoms with Crippen LogP contribution in [-0.4, -0.2) is 66.7 Å². The molecule has 0 aliphatic carbocycles. The predicted octanol–water partition coefficient (Wildman–Crippen LogP) is 0.661. The van der Waals surface area contributed by atoms with Gasteiger partial charge in [-0.25, -0.2) is 13.2 Å². The average Bonchev–Trinajstić information content (AvgIpc) is 3.32. The molecule has 2 saturated heterocycles. The van der Waals surface area contributed by atoms with E-state index in [0.717, 1.165) is 13.0 Å². The standard InChI is InChI=1S/C21H28N4O6S/c1-23-17-8-7-16(13-18(17)31-21(23)28)32(29,30)25-12-2-5-15(14-25)20(27)22-9-4-11-24-10-3-6-19(24)26/h7-8,13,15H,2-6,9-12,14H2,1H3,(H,22,27). The smallest absolute Gasteiger partial charge is 0.408 e. The Bertz CT molecular complexity index is 1180. The van der Waals surface area contributed by atoms with Crippen molar-refractivity contribution in [3.05, 3.63) is 28.7 Å². The Morgan fingerprint density at radius 1 is 1.22 bits per heavy atom. The van der Waals surface area contributed by atoms with Gasteiger partial charge in [-0.15, -0.1) is 0 Å². The van der Waals surface area contributed by atoms with Gasteiger partial charge in [0, 0.05) is 52.3 Å². The first-order chi connectivity index (χ1) is 15.3. The Morgan fingerprint density at radius 3 is 2.78 bits per heavy atom. The third kappa shape index (κ3) is 4.44. The Morgan fingerprint density at radius 2 is 2.03 bits per heavy atom. The maximum absolute atomic E-state index is 13.2. The number of carbonyl (C=O) groups is 2. The van der Waals surface area contributed by atoms with Crippen molar-refractivity contribution in [2.45, 2.75) is 37.0 Å². The van der Waals surface area contributed by atoms with Crippen LogP contribution in [0.4, 0.5) is 0 Å². The van der Waals surface area contributed by atoms with Crippen molar-refractivity contribution in [2.75, 3.05) is 32.7 Å². The van der Waals surface area contributed by atoms with Gasteiger partial charge in [-0.3, -0.25) is 14.2 Å². The van der Waals surface area contributed by atoms with E-state index in [0.29, 0.717) is 50.8 Å². The van der Waals surface area contributed by atoms with Crippen LogP contribution in [0, 0.1) is 5.92 Å². The predicted molar refractivity (Wildman–Crippen MR) is 116 cm³/mol. The van der Waals surface area contributed by atoms with E-state index in [2.05, 4.69) is 5.32 Å². The lowest BCUT2D eigenvalue weighted by molar-refractivity contribution is -0.127. The van der Waals surface area contributed by atoms with Gasteiger partial charge in [0.25, 0.3) is 0 Å². The summed E-state index contributed by atoms with van der Waals surface area (Å²) in [5.41, 5.74) is 0.724. The van der Waals surface area contributed by atoms with Crippen molar-refractivity contribution in [2.24, 2.45) is 13.0 Å². The minimum Gasteiger partial charge on any atom is -0.408 e. The summed E-state index contributed by atoms with van der Waals surface area (Å²) in [7, 11) is -2.27. The second-order valence-electron chi connectivity index (χ2n) is 8.39. The number of likely N-dealkylation sites (tertiary alicyclic amines) is 1. The molecule has 0 bridgehead atoms. The summed E-state index contributed by atoms with van der Waals surface area (Å²) in [6, 6.07) is 4.36. The molecule has 2 aliphatic heterocycles. The molecule has 1 atom stereocenters. The van der Waals surface area contributed by atoms with Gasteiger partial charge >= 0.3 is 5.76 Å². The van der Waals surface area contributed by atoms with Gasteiger partial charge in [0.05, 0.1) is 16.3 Å². The summed E-state index contributed by atoms with van der Waals surface area (Å²) in [4.78, 5) is 37.8. The quantitative estimate of drug-likeness (QED) is 0.601. The van der Waals surface area contributed by atoms with Gasteiger partial charge in [-0.2, -0.15) is 4.31 Å². The van der Waals surface area contributed by atoms with Crippen molar-refractivity contribution >= 4 is 32.9 Å². The van der Waals surface area contributed by atoms with Crippen LogP contribution in [0.25, 0.3) is 11.1 Å². The van der Waals surface area contributed by atoms with Crippen LogP contribution in [-0.2, 0) is 26.7 Å². The highest BCUT2D eigenvalue weighted by Crippen LogP contribution is 2.26. The van der Waals surface area contributed by atoms with Gasteiger partial charge in [-0.1, -0.05) is 0 Å². The van der Waals surface area contributed by atoms with Crippen LogP contribution in [0.15, 0.2) is 32.3 Å². The number of aromatic nitrogens is 1. The van der Waals surface area contributed by atoms with Crippen LogP contribution in [0.5, 0.6) is 0 Å². The number of aryl methyl sites for hydroxylation is 1. The van der Waals surface area contributed by atoms with E-state index in [1.165, 1.54) is 21.0 Å². The van der Waals surface area contributed by atoms with Gasteiger partial charge in [0.15, 0.2) is 5.58 Å². The average molecular weight is 465 g/mol. The Hall–Kier alpha value is -2.66. The summed E-state index contributed by atoms with van der Waals surface area (Å²) < 4.78 is 34.1. The second-order valence-corrected chi connectivity index (χ2v) is 10.3. The number of nitrogens with one attached hydrogen (secondary N) is 1. The molecule has 1 aromatic heterocycles. The van der Waals surface area contributed by atoms with Gasteiger partial charge in [0.2, 0.25) is 21.8 Å². The van der Waals surface area contributed by atoms with Gasteiger partial charge in [-0.05, 0) is 37.8 Å². The van der Waals surface area contributed by atoms with Crippen LogP contribution in [0.3, 0.4) is 0 Å². The van der Waals surface area contributed by atoms with Crippen LogP contribution >= 0.6 is 0 Å². The number of hydrogen-bond acceptors (Lipinski definition) is 6. The van der Waals surface area contributed by atoms with E-state index in [1.54, 1.807) is 13.1 Å². The fourth-order valence-electron chi connectivity index (χ4n) is 4.36. The minimum atomic E-state index is -3.83. The van der Waals surface area contributed by atoms with Crippen molar-refractivity contribution in [3.8, 4) is 0 Å². The molecule has 0 radical (unpaired) electrons. The highest BCUT2D eigenvalue weighted by molar-refractivity contribution is 7.89. The number of amides is 2. The van der Waals surface area contributed by atoms with E-state index >= 15 is 0 Å². The molecule has 0 spiro atoms. The third-order valence-corrected chi connectivity index (χ3v) is 8.09. The summed E-state index contributed by atoms with van der Waals surface area (Å²) >= 11 is 0. The monoisotopic (exact) mass is 464 g/mol. The SMILES string of the molecule is Cn1c(=O)oc2cc(S(=O)(=O)N3CCCC(C(=O)NCCCN4CCCC4=O)C3)ccc21. The molecule has 3 heterocycles. The van der Waals surface area contributed by atoms with Crippen molar-refractivity contribution < 1.29 is 22.4 Å². The molecule has 2 amide bonds. The van der Waals surface area contributed by atoms with E-state index in [-0.39, 0.29) is 28.8 Å². The molecule has 4 rings (SSSR count). The molecular formula is C21H28N4O6S. The zero-order valence-corrected chi connectivity index (χ0v) is 18.9. The van der Waals surface area contributed by atoms with Crippen LogP contribution in [0.1, 0.15) is 32.1 Å². The fraction of sp³-hybridized carbons (Fsp3) is 0.571. The summed E-state index contributed by atoms with van der Waals surface area (Å²) in [6.07, 6.45) is 3.37. The summed E-state index contributed by atoms with van der Waals surface area (Å²) in [6.45, 7) is 2.30. The Kier molecular flexibility index (Phi) is 6.38. The molecule has 11 heteroatoms. The minimum absolute atomic E-state index is 0.0377. The number of benzene rings is 1. The number of hydrogen-bond donors (Lipinski definition) is 1. The van der Waals surface area contributed by atoms with E-state index < -0.39 is 21.7 Å². The van der Waals surface area contributed by atoms with Crippen molar-refractivity contribution in [3.63, 3.8) is 0 Å². The molecule has 10 nitrogen and oxygen atoms in total. The van der Waals surface area contributed by atoms with Crippen molar-refractivity contribution in [1.29, 1.82) is 0 Å². The lowest BCUT2D eigenvalue weighted by Crippen LogP contribution is -2.45. The van der Waals surface area contributed by atoms with Gasteiger partial charge in [0.1, 0.15) is 0 Å². The molecule has 1 N–H and O–H groups in total. The highest BCUT2D eigenvalue weighted by atomic mass is 32.2. The Balaban J connectivity index is 1.36. The van der Waals surface area contributed by atoms with Crippen molar-refractivity contribution in [1.82, 2.24) is 19.1 Å².